The molecule has 0 unspecified atom stereocenters. The van der Waals surface area contributed by atoms with Crippen LogP contribution in [0.25, 0.3) is 11.1 Å². The van der Waals surface area contributed by atoms with E-state index in [4.69, 9.17) is 0 Å². The largest absolute Gasteiger partial charge is 0.326 e. The van der Waals surface area contributed by atoms with E-state index in [-0.39, 0.29) is 11.8 Å². The van der Waals surface area contributed by atoms with Gasteiger partial charge in [-0.3, -0.25) is 4.79 Å². The van der Waals surface area contributed by atoms with Gasteiger partial charge in [-0.2, -0.15) is 0 Å². The van der Waals surface area contributed by atoms with E-state index >= 15 is 0 Å². The zero-order valence-electron chi connectivity index (χ0n) is 16.0. The van der Waals surface area contributed by atoms with Crippen LogP contribution in [0.3, 0.4) is 0 Å². The zero-order chi connectivity index (χ0) is 18.9. The molecule has 0 aromatic heterocycles. The van der Waals surface area contributed by atoms with Gasteiger partial charge in [-0.15, -0.1) is 0 Å². The minimum Gasteiger partial charge on any atom is -0.326 e. The van der Waals surface area contributed by atoms with Gasteiger partial charge in [-0.1, -0.05) is 73.5 Å². The molecule has 0 heterocycles. The van der Waals surface area contributed by atoms with Gasteiger partial charge in [0.05, 0.1) is 5.92 Å². The molecule has 5 rings (SSSR count). The molecule has 3 aromatic carbocycles. The molecule has 1 N–H and O–H groups in total. The highest BCUT2D eigenvalue weighted by Gasteiger charge is 2.32. The molecule has 1 atom stereocenters. The maximum atomic E-state index is 13.3. The van der Waals surface area contributed by atoms with E-state index in [0.717, 1.165) is 30.5 Å². The summed E-state index contributed by atoms with van der Waals surface area (Å²) in [6.45, 7) is 0. The molecule has 0 bridgehead atoms. The third kappa shape index (κ3) is 3.13. The standard InChI is InChI=1S/C26H25NO/c28-26(25(19-10-4-5-11-19)18-8-2-1-3-9-18)27-22-14-15-24-21(17-22)16-20-12-6-7-13-23(20)24/h1-3,6-9,12-15,17,19,25H,4-5,10-11,16H2,(H,27,28)/t25-/m0/s1. The predicted molar refractivity (Wildman–Crippen MR) is 114 cm³/mol. The van der Waals surface area contributed by atoms with Crippen LogP contribution >= 0.6 is 0 Å². The highest BCUT2D eigenvalue weighted by Crippen LogP contribution is 2.40. The van der Waals surface area contributed by atoms with Gasteiger partial charge in [-0.25, -0.2) is 0 Å². The Labute approximate surface area is 166 Å². The van der Waals surface area contributed by atoms with Gasteiger partial charge in [-0.05, 0) is 65.1 Å². The number of carbonyl (C=O) groups is 1. The van der Waals surface area contributed by atoms with Gasteiger partial charge in [0.25, 0.3) is 0 Å². The Kier molecular flexibility index (Phi) is 4.48. The van der Waals surface area contributed by atoms with Gasteiger partial charge in [0.1, 0.15) is 0 Å². The highest BCUT2D eigenvalue weighted by molar-refractivity contribution is 5.96. The second-order valence-electron chi connectivity index (χ2n) is 8.13. The lowest BCUT2D eigenvalue weighted by Gasteiger charge is -2.23. The number of fused-ring (bicyclic) bond motifs is 3. The fraction of sp³-hybridized carbons (Fsp3) is 0.269. The number of rotatable bonds is 4. The Morgan fingerprint density at radius 1 is 0.821 bits per heavy atom. The minimum absolute atomic E-state index is 0.0610. The van der Waals surface area contributed by atoms with E-state index in [1.54, 1.807) is 0 Å². The van der Waals surface area contributed by atoms with Crippen LogP contribution in [0.5, 0.6) is 0 Å². The third-order valence-corrected chi connectivity index (χ3v) is 6.37. The molecule has 2 aliphatic rings. The summed E-state index contributed by atoms with van der Waals surface area (Å²) in [6, 6.07) is 25.2. The molecular weight excluding hydrogens is 342 g/mol. The summed E-state index contributed by atoms with van der Waals surface area (Å²) in [6.07, 6.45) is 5.70. The third-order valence-electron chi connectivity index (χ3n) is 6.37. The van der Waals surface area contributed by atoms with Gasteiger partial charge in [0, 0.05) is 5.69 Å². The number of benzene rings is 3. The van der Waals surface area contributed by atoms with Crippen molar-refractivity contribution < 1.29 is 4.79 Å². The molecule has 0 saturated heterocycles. The molecule has 1 fully saturated rings. The number of hydrogen-bond donors (Lipinski definition) is 1. The normalized spacial score (nSPS) is 16.4. The smallest absolute Gasteiger partial charge is 0.232 e. The fourth-order valence-corrected chi connectivity index (χ4v) is 5.03. The summed E-state index contributed by atoms with van der Waals surface area (Å²) in [5.41, 5.74) is 7.34. The summed E-state index contributed by atoms with van der Waals surface area (Å²) >= 11 is 0. The molecule has 28 heavy (non-hydrogen) atoms. The van der Waals surface area contributed by atoms with Crippen LogP contribution in [0.4, 0.5) is 5.69 Å². The van der Waals surface area contributed by atoms with Crippen LogP contribution in [-0.4, -0.2) is 5.91 Å². The van der Waals surface area contributed by atoms with Crippen LogP contribution < -0.4 is 5.32 Å². The second-order valence-corrected chi connectivity index (χ2v) is 8.13. The monoisotopic (exact) mass is 367 g/mol. The van der Waals surface area contributed by atoms with Crippen molar-refractivity contribution in [2.45, 2.75) is 38.0 Å². The van der Waals surface area contributed by atoms with Crippen LogP contribution in [-0.2, 0) is 11.2 Å². The average Bonchev–Trinajstić information content (AvgIpc) is 3.36. The van der Waals surface area contributed by atoms with E-state index in [1.807, 2.05) is 18.2 Å². The lowest BCUT2D eigenvalue weighted by atomic mass is 9.84. The Hall–Kier alpha value is -2.87. The van der Waals surface area contributed by atoms with E-state index < -0.39 is 0 Å². The van der Waals surface area contributed by atoms with Crippen LogP contribution in [0.15, 0.2) is 72.8 Å². The molecule has 140 valence electrons. The maximum absolute atomic E-state index is 13.3. The van der Waals surface area contributed by atoms with Gasteiger partial charge in [0.2, 0.25) is 5.91 Å². The maximum Gasteiger partial charge on any atom is 0.232 e. The molecular formula is C26H25NO. The Morgan fingerprint density at radius 3 is 2.36 bits per heavy atom. The quantitative estimate of drug-likeness (QED) is 0.459. The molecule has 1 amide bonds. The number of nitrogens with one attached hydrogen (secondary N) is 1. The molecule has 0 radical (unpaired) electrons. The number of anilines is 1. The number of amides is 1. The predicted octanol–water partition coefficient (Wildman–Crippen LogP) is 6.17. The van der Waals surface area contributed by atoms with Crippen LogP contribution in [0, 0.1) is 5.92 Å². The first kappa shape index (κ1) is 17.2. The van der Waals surface area contributed by atoms with E-state index in [9.17, 15) is 4.79 Å². The van der Waals surface area contributed by atoms with E-state index in [0.29, 0.717) is 5.92 Å². The first-order valence-electron chi connectivity index (χ1n) is 10.4. The molecule has 2 aliphatic carbocycles. The van der Waals surface area contributed by atoms with Crippen molar-refractivity contribution in [1.82, 2.24) is 0 Å². The van der Waals surface area contributed by atoms with E-state index in [1.165, 1.54) is 35.1 Å². The average molecular weight is 367 g/mol. The summed E-state index contributed by atoms with van der Waals surface area (Å²) in [5, 5.41) is 3.23. The van der Waals surface area contributed by atoms with Crippen molar-refractivity contribution in [1.29, 1.82) is 0 Å². The Balaban J connectivity index is 1.40. The second kappa shape index (κ2) is 7.27. The van der Waals surface area contributed by atoms with Gasteiger partial charge >= 0.3 is 0 Å². The summed E-state index contributed by atoms with van der Waals surface area (Å²) < 4.78 is 0. The number of hydrogen-bond acceptors (Lipinski definition) is 1. The van der Waals surface area contributed by atoms with Crippen molar-refractivity contribution >= 4 is 11.6 Å². The summed E-state index contributed by atoms with van der Waals surface area (Å²) in [5.74, 6) is 0.517. The lowest BCUT2D eigenvalue weighted by molar-refractivity contribution is -0.118. The van der Waals surface area contributed by atoms with Gasteiger partial charge < -0.3 is 5.32 Å². The summed E-state index contributed by atoms with van der Waals surface area (Å²) in [7, 11) is 0. The molecule has 3 aromatic rings. The molecule has 2 heteroatoms. The lowest BCUT2D eigenvalue weighted by Crippen LogP contribution is -2.26. The van der Waals surface area contributed by atoms with E-state index in [2.05, 4.69) is 59.9 Å². The van der Waals surface area contributed by atoms with Gasteiger partial charge in [0.15, 0.2) is 0 Å². The topological polar surface area (TPSA) is 29.1 Å². The highest BCUT2D eigenvalue weighted by atomic mass is 16.1. The first-order valence-corrected chi connectivity index (χ1v) is 10.4. The zero-order valence-corrected chi connectivity index (χ0v) is 16.0. The molecule has 1 saturated carbocycles. The van der Waals surface area contributed by atoms with Crippen molar-refractivity contribution in [3.8, 4) is 11.1 Å². The van der Waals surface area contributed by atoms with Crippen molar-refractivity contribution in [3.05, 3.63) is 89.5 Å². The molecule has 0 aliphatic heterocycles. The Morgan fingerprint density at radius 2 is 1.54 bits per heavy atom. The molecule has 0 spiro atoms. The minimum atomic E-state index is -0.0610. The number of carbonyl (C=O) groups excluding carboxylic acids is 1. The van der Waals surface area contributed by atoms with Crippen molar-refractivity contribution in [3.63, 3.8) is 0 Å². The fourth-order valence-electron chi connectivity index (χ4n) is 5.03. The van der Waals surface area contributed by atoms with Crippen molar-refractivity contribution in [2.75, 3.05) is 5.32 Å². The van der Waals surface area contributed by atoms with Crippen LogP contribution in [0.1, 0.15) is 48.3 Å². The SMILES string of the molecule is O=C(Nc1ccc2c(c1)Cc1ccccc1-2)[C@@H](c1ccccc1)C1CCCC1. The first-order chi connectivity index (χ1) is 13.8. The van der Waals surface area contributed by atoms with Crippen LogP contribution in [0.2, 0.25) is 0 Å². The van der Waals surface area contributed by atoms with Crippen molar-refractivity contribution in [2.24, 2.45) is 5.92 Å². The Bertz CT molecular complexity index is 1000. The summed E-state index contributed by atoms with van der Waals surface area (Å²) in [4.78, 5) is 13.3. The molecule has 2 nitrogen and oxygen atoms in total.